The van der Waals surface area contributed by atoms with E-state index in [9.17, 15) is 18.0 Å². The molecule has 186 valence electrons. The van der Waals surface area contributed by atoms with Crippen LogP contribution in [0.1, 0.15) is 31.9 Å². The quantitative estimate of drug-likeness (QED) is 0.458. The van der Waals surface area contributed by atoms with Gasteiger partial charge < -0.3 is 10.2 Å². The molecule has 7 nitrogen and oxygen atoms in total. The van der Waals surface area contributed by atoms with Crippen molar-refractivity contribution < 1.29 is 18.0 Å². The minimum atomic E-state index is -3.81. The van der Waals surface area contributed by atoms with Crippen molar-refractivity contribution in [2.45, 2.75) is 40.3 Å². The minimum Gasteiger partial charge on any atom is -0.354 e. The van der Waals surface area contributed by atoms with Crippen LogP contribution in [0.3, 0.4) is 0 Å². The number of carbonyl (C=O) groups excluding carboxylic acids is 2. The Morgan fingerprint density at radius 2 is 1.76 bits per heavy atom. The summed E-state index contributed by atoms with van der Waals surface area (Å²) >= 11 is 9.63. The van der Waals surface area contributed by atoms with E-state index in [2.05, 4.69) is 21.2 Å². The molecule has 0 fully saturated rings. The monoisotopic (exact) mass is 571 g/mol. The zero-order valence-corrected chi connectivity index (χ0v) is 23.2. The highest BCUT2D eigenvalue weighted by Crippen LogP contribution is 2.28. The summed E-state index contributed by atoms with van der Waals surface area (Å²) in [6.45, 7) is 7.44. The summed E-state index contributed by atoms with van der Waals surface area (Å²) in [5.41, 5.74) is 1.67. The van der Waals surface area contributed by atoms with E-state index >= 15 is 0 Å². The second-order valence-corrected chi connectivity index (χ2v) is 11.8. The number of halogens is 2. The van der Waals surface area contributed by atoms with Crippen LogP contribution in [0, 0.1) is 12.8 Å². The first-order valence-electron chi connectivity index (χ1n) is 10.9. The summed E-state index contributed by atoms with van der Waals surface area (Å²) in [5, 5.41) is 3.25. The lowest BCUT2D eigenvalue weighted by Crippen LogP contribution is -2.51. The molecule has 2 rings (SSSR count). The van der Waals surface area contributed by atoms with Gasteiger partial charge in [-0.05, 0) is 55.2 Å². The molecule has 2 amide bonds. The lowest BCUT2D eigenvalue weighted by molar-refractivity contribution is -0.139. The van der Waals surface area contributed by atoms with Gasteiger partial charge in [-0.3, -0.25) is 13.9 Å². The van der Waals surface area contributed by atoms with E-state index in [0.29, 0.717) is 22.8 Å². The van der Waals surface area contributed by atoms with E-state index in [1.807, 2.05) is 38.1 Å². The highest BCUT2D eigenvalue weighted by atomic mass is 79.9. The Bertz CT molecular complexity index is 1140. The van der Waals surface area contributed by atoms with Crippen molar-refractivity contribution in [3.8, 4) is 0 Å². The average molecular weight is 573 g/mol. The SMILES string of the molecule is Cc1c(Cl)cccc1N(CC(=O)N(Cc1cccc(Br)c1)[C@H](C)C(=O)NCC(C)C)S(C)(=O)=O. The van der Waals surface area contributed by atoms with Crippen LogP contribution < -0.4 is 9.62 Å². The summed E-state index contributed by atoms with van der Waals surface area (Å²) in [6, 6.07) is 11.5. The number of rotatable bonds is 10. The molecule has 0 aliphatic rings. The first kappa shape index (κ1) is 28.1. The molecule has 0 aromatic heterocycles. The third-order valence-electron chi connectivity index (χ3n) is 5.28. The lowest BCUT2D eigenvalue weighted by Gasteiger charge is -2.32. The number of nitrogens with one attached hydrogen (secondary N) is 1. The fourth-order valence-corrected chi connectivity index (χ4v) is 4.84. The number of anilines is 1. The van der Waals surface area contributed by atoms with Gasteiger partial charge in [0.2, 0.25) is 21.8 Å². The summed E-state index contributed by atoms with van der Waals surface area (Å²) in [4.78, 5) is 27.8. The standard InChI is InChI=1S/C24H31BrClN3O4S/c1-16(2)13-27-24(31)18(4)28(14-19-8-6-9-20(25)12-19)23(30)15-29(34(5,32)33)22-11-7-10-21(26)17(22)3/h6-12,16,18H,13-15H2,1-5H3,(H,27,31)/t18-/m1/s1. The van der Waals surface area contributed by atoms with Gasteiger partial charge in [0, 0.05) is 22.6 Å². The summed E-state index contributed by atoms with van der Waals surface area (Å²) in [5.74, 6) is -0.559. The van der Waals surface area contributed by atoms with Crippen LogP contribution in [0.5, 0.6) is 0 Å². The molecule has 2 aromatic carbocycles. The summed E-state index contributed by atoms with van der Waals surface area (Å²) in [7, 11) is -3.81. The number of hydrogen-bond donors (Lipinski definition) is 1. The molecule has 0 heterocycles. The van der Waals surface area contributed by atoms with Crippen molar-refractivity contribution in [1.29, 1.82) is 0 Å². The van der Waals surface area contributed by atoms with Crippen molar-refractivity contribution in [1.82, 2.24) is 10.2 Å². The molecule has 2 aromatic rings. The molecular formula is C24H31BrClN3O4S. The van der Waals surface area contributed by atoms with Crippen LogP contribution in [0.4, 0.5) is 5.69 Å². The molecule has 0 aliphatic carbocycles. The molecule has 0 unspecified atom stereocenters. The third kappa shape index (κ3) is 7.71. The van der Waals surface area contributed by atoms with Crippen molar-refractivity contribution >= 4 is 55.1 Å². The Kier molecular flexibility index (Phi) is 9.96. The molecular weight excluding hydrogens is 542 g/mol. The number of carbonyl (C=O) groups is 2. The first-order chi connectivity index (χ1) is 15.8. The van der Waals surface area contributed by atoms with Crippen LogP contribution in [0.2, 0.25) is 5.02 Å². The van der Waals surface area contributed by atoms with Crippen LogP contribution in [-0.2, 0) is 26.2 Å². The van der Waals surface area contributed by atoms with Gasteiger partial charge in [-0.1, -0.05) is 59.6 Å². The summed E-state index contributed by atoms with van der Waals surface area (Å²) in [6.07, 6.45) is 1.04. The highest BCUT2D eigenvalue weighted by Gasteiger charge is 2.30. The van der Waals surface area contributed by atoms with Crippen molar-refractivity contribution in [3.63, 3.8) is 0 Å². The van der Waals surface area contributed by atoms with Crippen LogP contribution in [0.25, 0.3) is 0 Å². The molecule has 0 radical (unpaired) electrons. The Morgan fingerprint density at radius 3 is 2.35 bits per heavy atom. The Morgan fingerprint density at radius 1 is 1.12 bits per heavy atom. The first-order valence-corrected chi connectivity index (χ1v) is 13.9. The van der Waals surface area contributed by atoms with Gasteiger partial charge in [-0.15, -0.1) is 0 Å². The number of hydrogen-bond acceptors (Lipinski definition) is 4. The van der Waals surface area contributed by atoms with E-state index in [0.717, 1.165) is 20.6 Å². The Hall–Kier alpha value is -2.10. The second kappa shape index (κ2) is 12.0. The fourth-order valence-electron chi connectivity index (χ4n) is 3.33. The molecule has 0 saturated carbocycles. The van der Waals surface area contributed by atoms with E-state index < -0.39 is 28.5 Å². The van der Waals surface area contributed by atoms with Gasteiger partial charge in [0.15, 0.2) is 0 Å². The van der Waals surface area contributed by atoms with Crippen LogP contribution >= 0.6 is 27.5 Å². The molecule has 0 aliphatic heterocycles. The number of amides is 2. The van der Waals surface area contributed by atoms with Gasteiger partial charge in [-0.25, -0.2) is 8.42 Å². The normalized spacial score (nSPS) is 12.4. The molecule has 34 heavy (non-hydrogen) atoms. The maximum absolute atomic E-state index is 13.5. The summed E-state index contributed by atoms with van der Waals surface area (Å²) < 4.78 is 27.2. The third-order valence-corrected chi connectivity index (χ3v) is 7.31. The van der Waals surface area contributed by atoms with Crippen LogP contribution in [-0.4, -0.2) is 50.5 Å². The van der Waals surface area contributed by atoms with Gasteiger partial charge >= 0.3 is 0 Å². The molecule has 0 saturated heterocycles. The van der Waals surface area contributed by atoms with E-state index in [-0.39, 0.29) is 18.4 Å². The fraction of sp³-hybridized carbons (Fsp3) is 0.417. The Balaban J connectivity index is 2.41. The Labute approximate surface area is 215 Å². The maximum Gasteiger partial charge on any atom is 0.244 e. The molecule has 1 atom stereocenters. The highest BCUT2D eigenvalue weighted by molar-refractivity contribution is 9.10. The predicted octanol–water partition coefficient (Wildman–Crippen LogP) is 4.37. The van der Waals surface area contributed by atoms with Crippen LogP contribution in [0.15, 0.2) is 46.9 Å². The smallest absolute Gasteiger partial charge is 0.244 e. The number of benzene rings is 2. The molecule has 1 N–H and O–H groups in total. The zero-order chi connectivity index (χ0) is 25.6. The van der Waals surface area contributed by atoms with Gasteiger partial charge in [0.1, 0.15) is 12.6 Å². The largest absolute Gasteiger partial charge is 0.354 e. The molecule has 0 spiro atoms. The van der Waals surface area contributed by atoms with Crippen molar-refractivity contribution in [2.24, 2.45) is 5.92 Å². The predicted molar refractivity (Wildman–Crippen MR) is 140 cm³/mol. The van der Waals surface area contributed by atoms with Crippen molar-refractivity contribution in [3.05, 3.63) is 63.1 Å². The zero-order valence-electron chi connectivity index (χ0n) is 20.0. The van der Waals surface area contributed by atoms with Gasteiger partial charge in [0.05, 0.1) is 11.9 Å². The lowest BCUT2D eigenvalue weighted by atomic mass is 10.1. The van der Waals surface area contributed by atoms with Gasteiger partial charge in [-0.2, -0.15) is 0 Å². The average Bonchev–Trinajstić information content (AvgIpc) is 2.75. The second-order valence-electron chi connectivity index (χ2n) is 8.62. The molecule has 10 heteroatoms. The minimum absolute atomic E-state index is 0.140. The number of nitrogens with zero attached hydrogens (tertiary/aromatic N) is 2. The van der Waals surface area contributed by atoms with Gasteiger partial charge in [0.25, 0.3) is 0 Å². The van der Waals surface area contributed by atoms with E-state index in [1.54, 1.807) is 32.0 Å². The van der Waals surface area contributed by atoms with E-state index in [1.165, 1.54) is 4.90 Å². The number of sulfonamides is 1. The topological polar surface area (TPSA) is 86.8 Å². The van der Waals surface area contributed by atoms with E-state index in [4.69, 9.17) is 11.6 Å². The maximum atomic E-state index is 13.5. The molecule has 0 bridgehead atoms. The van der Waals surface area contributed by atoms with Crippen molar-refractivity contribution in [2.75, 3.05) is 23.7 Å².